The minimum Gasteiger partial charge on any atom is -0.385 e. The first kappa shape index (κ1) is 11.9. The minimum absolute atomic E-state index is 0.0846. The SMILES string of the molecule is CCNc1ccc2ccc(S(=O)(=O)O)cc2c1. The van der Waals surface area contributed by atoms with Crippen LogP contribution in [-0.2, 0) is 10.1 Å². The van der Waals surface area contributed by atoms with E-state index in [1.165, 1.54) is 12.1 Å². The Morgan fingerprint density at radius 3 is 2.47 bits per heavy atom. The zero-order valence-electron chi connectivity index (χ0n) is 9.34. The molecular weight excluding hydrogens is 238 g/mol. The van der Waals surface area contributed by atoms with Crippen molar-refractivity contribution in [2.75, 3.05) is 11.9 Å². The van der Waals surface area contributed by atoms with Crippen LogP contribution in [0.5, 0.6) is 0 Å². The van der Waals surface area contributed by atoms with Crippen LogP contribution in [0.25, 0.3) is 10.8 Å². The highest BCUT2D eigenvalue weighted by molar-refractivity contribution is 7.85. The van der Waals surface area contributed by atoms with E-state index in [1.54, 1.807) is 6.07 Å². The molecule has 0 aliphatic heterocycles. The predicted molar refractivity (Wildman–Crippen MR) is 67.9 cm³/mol. The molecule has 0 heterocycles. The van der Waals surface area contributed by atoms with E-state index < -0.39 is 10.1 Å². The lowest BCUT2D eigenvalue weighted by atomic mass is 10.1. The molecule has 0 radical (unpaired) electrons. The van der Waals surface area contributed by atoms with Crippen LogP contribution in [0.4, 0.5) is 5.69 Å². The van der Waals surface area contributed by atoms with Crippen LogP contribution in [0, 0.1) is 0 Å². The molecule has 0 aromatic heterocycles. The van der Waals surface area contributed by atoms with Gasteiger partial charge in [0.25, 0.3) is 10.1 Å². The molecule has 0 fully saturated rings. The molecule has 0 aliphatic carbocycles. The van der Waals surface area contributed by atoms with Crippen molar-refractivity contribution in [3.8, 4) is 0 Å². The standard InChI is InChI=1S/C12H13NO3S/c1-2-13-11-5-3-9-4-6-12(17(14,15)16)8-10(9)7-11/h3-8,13H,2H2,1H3,(H,14,15,16). The first-order valence-electron chi connectivity index (χ1n) is 5.26. The summed E-state index contributed by atoms with van der Waals surface area (Å²) in [7, 11) is -4.14. The van der Waals surface area contributed by atoms with Gasteiger partial charge in [-0.2, -0.15) is 8.42 Å². The van der Waals surface area contributed by atoms with Crippen LogP contribution in [0.3, 0.4) is 0 Å². The van der Waals surface area contributed by atoms with Gasteiger partial charge in [-0.15, -0.1) is 0 Å². The third-order valence-corrected chi connectivity index (χ3v) is 3.34. The maximum atomic E-state index is 11.0. The van der Waals surface area contributed by atoms with Crippen LogP contribution in [0.2, 0.25) is 0 Å². The monoisotopic (exact) mass is 251 g/mol. The average molecular weight is 251 g/mol. The molecule has 2 N–H and O–H groups in total. The Bertz CT molecular complexity index is 650. The summed E-state index contributed by atoms with van der Waals surface area (Å²) in [4.78, 5) is -0.0846. The molecule has 0 aliphatic rings. The molecule has 90 valence electrons. The lowest BCUT2D eigenvalue weighted by Gasteiger charge is -2.06. The van der Waals surface area contributed by atoms with Gasteiger partial charge in [0.15, 0.2) is 0 Å². The molecule has 0 bridgehead atoms. The molecule has 2 aromatic rings. The van der Waals surface area contributed by atoms with E-state index in [4.69, 9.17) is 4.55 Å². The van der Waals surface area contributed by atoms with Gasteiger partial charge in [0, 0.05) is 12.2 Å². The Labute approximate surface area is 100 Å². The van der Waals surface area contributed by atoms with Crippen molar-refractivity contribution in [3.63, 3.8) is 0 Å². The molecule has 0 saturated heterocycles. The summed E-state index contributed by atoms with van der Waals surface area (Å²) < 4.78 is 31.0. The van der Waals surface area contributed by atoms with Gasteiger partial charge in [0.1, 0.15) is 0 Å². The maximum Gasteiger partial charge on any atom is 0.294 e. The molecule has 4 nitrogen and oxygen atoms in total. The molecule has 0 amide bonds. The van der Waals surface area contributed by atoms with E-state index in [0.29, 0.717) is 0 Å². The number of benzene rings is 2. The molecule has 0 saturated carbocycles. The Morgan fingerprint density at radius 1 is 1.12 bits per heavy atom. The Hall–Kier alpha value is -1.59. The second-order valence-corrected chi connectivity index (χ2v) is 5.15. The van der Waals surface area contributed by atoms with E-state index in [9.17, 15) is 8.42 Å². The number of hydrogen-bond donors (Lipinski definition) is 2. The maximum absolute atomic E-state index is 11.0. The number of anilines is 1. The molecule has 0 spiro atoms. The number of rotatable bonds is 3. The second kappa shape index (κ2) is 4.35. The van der Waals surface area contributed by atoms with Crippen LogP contribution in [-0.4, -0.2) is 19.5 Å². The summed E-state index contributed by atoms with van der Waals surface area (Å²) >= 11 is 0. The smallest absolute Gasteiger partial charge is 0.294 e. The van der Waals surface area contributed by atoms with Gasteiger partial charge in [-0.25, -0.2) is 0 Å². The van der Waals surface area contributed by atoms with Crippen molar-refractivity contribution in [1.29, 1.82) is 0 Å². The fraction of sp³-hybridized carbons (Fsp3) is 0.167. The van der Waals surface area contributed by atoms with Crippen molar-refractivity contribution in [2.24, 2.45) is 0 Å². The minimum atomic E-state index is -4.14. The number of nitrogens with one attached hydrogen (secondary N) is 1. The second-order valence-electron chi connectivity index (χ2n) is 3.73. The van der Waals surface area contributed by atoms with Gasteiger partial charge in [-0.1, -0.05) is 12.1 Å². The van der Waals surface area contributed by atoms with Gasteiger partial charge >= 0.3 is 0 Å². The number of hydrogen-bond acceptors (Lipinski definition) is 3. The molecule has 2 rings (SSSR count). The summed E-state index contributed by atoms with van der Waals surface area (Å²) in [6.45, 7) is 2.78. The molecule has 2 aromatic carbocycles. The Balaban J connectivity index is 2.58. The van der Waals surface area contributed by atoms with E-state index in [1.807, 2.05) is 25.1 Å². The Kier molecular flexibility index (Phi) is 3.04. The first-order valence-corrected chi connectivity index (χ1v) is 6.70. The van der Waals surface area contributed by atoms with Crippen molar-refractivity contribution in [3.05, 3.63) is 36.4 Å². The highest BCUT2D eigenvalue weighted by Gasteiger charge is 2.09. The number of fused-ring (bicyclic) bond motifs is 1. The zero-order chi connectivity index (χ0) is 12.5. The van der Waals surface area contributed by atoms with Crippen LogP contribution >= 0.6 is 0 Å². The molecule has 5 heteroatoms. The molecule has 0 unspecified atom stereocenters. The van der Waals surface area contributed by atoms with Gasteiger partial charge in [0.05, 0.1) is 4.90 Å². The van der Waals surface area contributed by atoms with E-state index >= 15 is 0 Å². The zero-order valence-corrected chi connectivity index (χ0v) is 10.2. The third kappa shape index (κ3) is 2.57. The predicted octanol–water partition coefficient (Wildman–Crippen LogP) is 2.52. The first-order chi connectivity index (χ1) is 8.00. The summed E-state index contributed by atoms with van der Waals surface area (Å²) in [5.41, 5.74) is 0.924. The fourth-order valence-electron chi connectivity index (χ4n) is 1.70. The topological polar surface area (TPSA) is 66.4 Å². The van der Waals surface area contributed by atoms with Crippen LogP contribution in [0.1, 0.15) is 6.92 Å². The molecule has 0 atom stereocenters. The van der Waals surface area contributed by atoms with Crippen molar-refractivity contribution >= 4 is 26.6 Å². The summed E-state index contributed by atoms with van der Waals surface area (Å²) in [5.74, 6) is 0. The largest absolute Gasteiger partial charge is 0.385 e. The van der Waals surface area contributed by atoms with Crippen LogP contribution in [0.15, 0.2) is 41.3 Å². The average Bonchev–Trinajstić information content (AvgIpc) is 2.27. The third-order valence-electron chi connectivity index (χ3n) is 2.49. The molecular formula is C12H13NO3S. The van der Waals surface area contributed by atoms with Crippen LogP contribution < -0.4 is 5.32 Å². The Morgan fingerprint density at radius 2 is 1.82 bits per heavy atom. The van der Waals surface area contributed by atoms with Gasteiger partial charge in [-0.05, 0) is 42.0 Å². The summed E-state index contributed by atoms with van der Waals surface area (Å²) in [5, 5.41) is 4.85. The van der Waals surface area contributed by atoms with Crippen molar-refractivity contribution in [2.45, 2.75) is 11.8 Å². The normalized spacial score (nSPS) is 11.6. The lowest BCUT2D eigenvalue weighted by Crippen LogP contribution is -1.98. The van der Waals surface area contributed by atoms with E-state index in [2.05, 4.69) is 5.32 Å². The van der Waals surface area contributed by atoms with Gasteiger partial charge < -0.3 is 5.32 Å². The quantitative estimate of drug-likeness (QED) is 0.823. The fourth-order valence-corrected chi connectivity index (χ4v) is 2.22. The highest BCUT2D eigenvalue weighted by Crippen LogP contribution is 2.22. The summed E-state index contributed by atoms with van der Waals surface area (Å²) in [6.07, 6.45) is 0. The summed E-state index contributed by atoms with van der Waals surface area (Å²) in [6, 6.07) is 10.2. The van der Waals surface area contributed by atoms with Gasteiger partial charge in [-0.3, -0.25) is 4.55 Å². The van der Waals surface area contributed by atoms with Crippen molar-refractivity contribution in [1.82, 2.24) is 0 Å². The molecule has 17 heavy (non-hydrogen) atoms. The van der Waals surface area contributed by atoms with Gasteiger partial charge in [0.2, 0.25) is 0 Å². The lowest BCUT2D eigenvalue weighted by molar-refractivity contribution is 0.483. The highest BCUT2D eigenvalue weighted by atomic mass is 32.2. The van der Waals surface area contributed by atoms with E-state index in [0.717, 1.165) is 23.0 Å². The van der Waals surface area contributed by atoms with Crippen molar-refractivity contribution < 1.29 is 13.0 Å². The van der Waals surface area contributed by atoms with E-state index in [-0.39, 0.29) is 4.90 Å².